The Bertz CT molecular complexity index is 851. The van der Waals surface area contributed by atoms with Crippen molar-refractivity contribution in [3.8, 4) is 0 Å². The summed E-state index contributed by atoms with van der Waals surface area (Å²) in [5.41, 5.74) is 6.78. The first-order valence-corrected chi connectivity index (χ1v) is 10.7. The van der Waals surface area contributed by atoms with Crippen molar-refractivity contribution in [3.05, 3.63) is 34.9 Å². The zero-order valence-corrected chi connectivity index (χ0v) is 20.7. The van der Waals surface area contributed by atoms with E-state index in [0.29, 0.717) is 5.84 Å². The summed E-state index contributed by atoms with van der Waals surface area (Å²) in [7, 11) is 0. The Kier molecular flexibility index (Phi) is 9.68. The van der Waals surface area contributed by atoms with Crippen LogP contribution < -0.4 is 10.9 Å². The van der Waals surface area contributed by atoms with Crippen LogP contribution in [-0.4, -0.2) is 46.9 Å². The molecule has 1 aromatic rings. The number of amides is 1. The number of hydrogen-bond acceptors (Lipinski definition) is 8. The van der Waals surface area contributed by atoms with Gasteiger partial charge in [0.05, 0.1) is 0 Å². The van der Waals surface area contributed by atoms with Crippen molar-refractivity contribution in [2.75, 3.05) is 6.54 Å². The first kappa shape index (κ1) is 26.9. The molecule has 32 heavy (non-hydrogen) atoms. The number of nitrogens with zero attached hydrogens (tertiary/aromatic N) is 3. The molecule has 0 fully saturated rings. The normalized spacial score (nSPS) is 13.0. The van der Waals surface area contributed by atoms with Gasteiger partial charge in [0.15, 0.2) is 5.84 Å². The second kappa shape index (κ2) is 11.5. The van der Waals surface area contributed by atoms with Crippen molar-refractivity contribution >= 4 is 24.2 Å². The Balaban J connectivity index is 0.00000249. The minimum absolute atomic E-state index is 0.173. The van der Waals surface area contributed by atoms with Crippen LogP contribution in [0.25, 0.3) is 0 Å². The van der Waals surface area contributed by atoms with Gasteiger partial charge >= 0.3 is 12.1 Å². The van der Waals surface area contributed by atoms with Crippen LogP contribution in [-0.2, 0) is 20.8 Å². The maximum absolute atomic E-state index is 12.8. The minimum atomic E-state index is -0.689. The third kappa shape index (κ3) is 9.80. The molecular weight excluding hydrogens is 410 g/mol. The molecular formula is C23H37N5O4. The molecule has 0 atom stereocenters. The van der Waals surface area contributed by atoms with Crippen LogP contribution in [0, 0.1) is 6.92 Å². The highest BCUT2D eigenvalue weighted by atomic mass is 16.6. The molecule has 1 aliphatic rings. The second-order valence-corrected chi connectivity index (χ2v) is 9.09. The zero-order valence-electron chi connectivity index (χ0n) is 20.7. The van der Waals surface area contributed by atoms with E-state index in [0.717, 1.165) is 16.7 Å². The van der Waals surface area contributed by atoms with Crippen LogP contribution in [0.15, 0.2) is 28.4 Å². The maximum atomic E-state index is 12.8. The molecule has 1 heterocycles. The SMILES string of the molecule is CC.Cc1cc(CN(CC(=O)OC(C)(C)C)C(=O)OC(C)(C)C)cc(C2=NNC=NN2)c1. The van der Waals surface area contributed by atoms with Gasteiger partial charge in [0.25, 0.3) is 0 Å². The first-order chi connectivity index (χ1) is 14.8. The van der Waals surface area contributed by atoms with Gasteiger partial charge in [0.2, 0.25) is 0 Å². The molecule has 2 N–H and O–H groups in total. The van der Waals surface area contributed by atoms with Gasteiger partial charge in [-0.1, -0.05) is 25.5 Å². The number of carbonyl (C=O) groups excluding carboxylic acids is 2. The van der Waals surface area contributed by atoms with Crippen LogP contribution >= 0.6 is 0 Å². The van der Waals surface area contributed by atoms with E-state index in [4.69, 9.17) is 9.47 Å². The van der Waals surface area contributed by atoms with Crippen molar-refractivity contribution in [2.24, 2.45) is 10.2 Å². The van der Waals surface area contributed by atoms with E-state index in [1.807, 2.05) is 39.0 Å². The molecule has 1 aliphatic heterocycles. The van der Waals surface area contributed by atoms with Crippen molar-refractivity contribution in [1.82, 2.24) is 15.8 Å². The molecule has 0 bridgehead atoms. The van der Waals surface area contributed by atoms with Gasteiger partial charge in [-0.15, -0.1) is 0 Å². The van der Waals surface area contributed by atoms with E-state index in [-0.39, 0.29) is 13.1 Å². The second-order valence-electron chi connectivity index (χ2n) is 9.09. The summed E-state index contributed by atoms with van der Waals surface area (Å²) in [5.74, 6) is 0.0523. The predicted molar refractivity (Wildman–Crippen MR) is 126 cm³/mol. The van der Waals surface area contributed by atoms with Gasteiger partial charge in [-0.3, -0.25) is 20.5 Å². The fourth-order valence-electron chi connectivity index (χ4n) is 2.72. The number of nitrogens with one attached hydrogen (secondary N) is 2. The lowest BCUT2D eigenvalue weighted by molar-refractivity contribution is -0.156. The summed E-state index contributed by atoms with van der Waals surface area (Å²) >= 11 is 0. The Morgan fingerprint density at radius 3 is 2.16 bits per heavy atom. The summed E-state index contributed by atoms with van der Waals surface area (Å²) in [6, 6.07) is 5.77. The topological polar surface area (TPSA) is 105 Å². The molecule has 9 heteroatoms. The van der Waals surface area contributed by atoms with E-state index in [1.165, 1.54) is 11.2 Å². The maximum Gasteiger partial charge on any atom is 0.411 e. The Labute approximate surface area is 191 Å². The van der Waals surface area contributed by atoms with E-state index in [2.05, 4.69) is 21.1 Å². The van der Waals surface area contributed by atoms with Gasteiger partial charge in [-0.2, -0.15) is 10.2 Å². The van der Waals surface area contributed by atoms with E-state index in [1.54, 1.807) is 41.5 Å². The van der Waals surface area contributed by atoms with E-state index >= 15 is 0 Å². The van der Waals surface area contributed by atoms with Gasteiger partial charge in [-0.05, 0) is 66.2 Å². The smallest absolute Gasteiger partial charge is 0.411 e. The Morgan fingerprint density at radius 1 is 1.00 bits per heavy atom. The average molecular weight is 448 g/mol. The van der Waals surface area contributed by atoms with Crippen molar-refractivity contribution < 1.29 is 19.1 Å². The minimum Gasteiger partial charge on any atom is -0.459 e. The lowest BCUT2D eigenvalue weighted by Gasteiger charge is -2.28. The number of hydrazone groups is 2. The number of ether oxygens (including phenoxy) is 2. The van der Waals surface area contributed by atoms with Crippen LogP contribution in [0.3, 0.4) is 0 Å². The molecule has 0 unspecified atom stereocenters. The number of carbonyl (C=O) groups is 2. The van der Waals surface area contributed by atoms with Crippen molar-refractivity contribution in [2.45, 2.75) is 80.1 Å². The molecule has 0 aliphatic carbocycles. The summed E-state index contributed by atoms with van der Waals surface area (Å²) < 4.78 is 10.9. The average Bonchev–Trinajstić information content (AvgIpc) is 2.66. The molecule has 0 aromatic heterocycles. The number of benzene rings is 1. The molecule has 0 radical (unpaired) electrons. The number of amidine groups is 1. The van der Waals surface area contributed by atoms with Gasteiger partial charge in [0, 0.05) is 12.1 Å². The van der Waals surface area contributed by atoms with Crippen molar-refractivity contribution in [1.29, 1.82) is 0 Å². The third-order valence-corrected chi connectivity index (χ3v) is 3.64. The standard InChI is InChI=1S/C21H31N5O4.C2H6/c1-14-8-15(10-16(9-14)18-24-22-13-23-25-18)11-26(19(28)30-21(5,6)7)12-17(27)29-20(2,3)4;1-2/h8-10,13H,11-12H2,1-7H3,(H,22,23)(H,24,25);1-2H3. The van der Waals surface area contributed by atoms with Crippen LogP contribution in [0.2, 0.25) is 0 Å². The lowest BCUT2D eigenvalue weighted by Crippen LogP contribution is -2.41. The van der Waals surface area contributed by atoms with Crippen LogP contribution in [0.5, 0.6) is 0 Å². The fraction of sp³-hybridized carbons (Fsp3) is 0.565. The quantitative estimate of drug-likeness (QED) is 0.664. The zero-order chi connectivity index (χ0) is 24.5. The van der Waals surface area contributed by atoms with Gasteiger partial charge in [-0.25, -0.2) is 4.79 Å². The summed E-state index contributed by atoms with van der Waals surface area (Å²) in [4.78, 5) is 26.5. The fourth-order valence-corrected chi connectivity index (χ4v) is 2.72. The molecule has 1 amide bonds. The van der Waals surface area contributed by atoms with E-state index < -0.39 is 23.3 Å². The number of esters is 1. The molecule has 9 nitrogen and oxygen atoms in total. The van der Waals surface area contributed by atoms with Crippen LogP contribution in [0.4, 0.5) is 4.79 Å². The number of rotatable bonds is 5. The summed E-state index contributed by atoms with van der Waals surface area (Å²) in [5, 5.41) is 8.09. The highest BCUT2D eigenvalue weighted by Crippen LogP contribution is 2.17. The number of aryl methyl sites for hydroxylation is 1. The third-order valence-electron chi connectivity index (χ3n) is 3.64. The highest BCUT2D eigenvalue weighted by molar-refractivity contribution is 6.00. The van der Waals surface area contributed by atoms with Crippen molar-refractivity contribution in [3.63, 3.8) is 0 Å². The monoisotopic (exact) mass is 447 g/mol. The number of hydrogen-bond donors (Lipinski definition) is 2. The predicted octanol–water partition coefficient (Wildman–Crippen LogP) is 3.90. The Hall–Kier alpha value is -3.10. The van der Waals surface area contributed by atoms with E-state index in [9.17, 15) is 9.59 Å². The Morgan fingerprint density at radius 2 is 1.62 bits per heavy atom. The van der Waals surface area contributed by atoms with Gasteiger partial charge in [0.1, 0.15) is 24.1 Å². The summed E-state index contributed by atoms with van der Waals surface area (Å²) in [6.07, 6.45) is 0.849. The summed E-state index contributed by atoms with van der Waals surface area (Å²) in [6.45, 7) is 16.6. The largest absolute Gasteiger partial charge is 0.459 e. The first-order valence-electron chi connectivity index (χ1n) is 10.7. The molecule has 0 spiro atoms. The molecule has 1 aromatic carbocycles. The molecule has 178 valence electrons. The molecule has 0 saturated carbocycles. The molecule has 0 saturated heterocycles. The van der Waals surface area contributed by atoms with Gasteiger partial charge < -0.3 is 9.47 Å². The lowest BCUT2D eigenvalue weighted by atomic mass is 10.1. The van der Waals surface area contributed by atoms with Crippen LogP contribution in [0.1, 0.15) is 72.1 Å². The highest BCUT2D eigenvalue weighted by Gasteiger charge is 2.27. The molecule has 2 rings (SSSR count).